The molecule has 1 N–H and O–H groups in total. The van der Waals surface area contributed by atoms with Crippen molar-refractivity contribution in [1.82, 2.24) is 20.0 Å². The lowest BCUT2D eigenvalue weighted by atomic mass is 9.84. The molecule has 0 aromatic carbocycles. The summed E-state index contributed by atoms with van der Waals surface area (Å²) in [5.74, 6) is 2.38. The summed E-state index contributed by atoms with van der Waals surface area (Å²) < 4.78 is 5.60. The van der Waals surface area contributed by atoms with E-state index in [9.17, 15) is 4.79 Å². The fourth-order valence-corrected chi connectivity index (χ4v) is 4.27. The van der Waals surface area contributed by atoms with Crippen molar-refractivity contribution in [3.05, 3.63) is 0 Å². The van der Waals surface area contributed by atoms with Crippen LogP contribution in [0.25, 0.3) is 0 Å². The molecule has 1 unspecified atom stereocenters. The van der Waals surface area contributed by atoms with Crippen LogP contribution in [0.1, 0.15) is 39.5 Å². The van der Waals surface area contributed by atoms with Crippen LogP contribution < -0.4 is 5.32 Å². The van der Waals surface area contributed by atoms with Gasteiger partial charge >= 0.3 is 0 Å². The number of likely N-dealkylation sites (tertiary alicyclic amines) is 1. The molecule has 0 bridgehead atoms. The summed E-state index contributed by atoms with van der Waals surface area (Å²) in [5.41, 5.74) is 0. The van der Waals surface area contributed by atoms with E-state index < -0.39 is 0 Å². The Morgan fingerprint density at radius 2 is 1.86 bits per heavy atom. The minimum Gasteiger partial charge on any atom is -0.381 e. The second-order valence-corrected chi connectivity index (χ2v) is 8.29. The molecule has 0 aromatic rings. The number of carbonyl (C=O) groups is 1. The SMILES string of the molecule is CCNC(=NCCN1CCN(C(=O)C2CCC2)CC1)N1CCC(COCC)C1. The molecule has 1 atom stereocenters. The van der Waals surface area contributed by atoms with Crippen LogP contribution in [0.15, 0.2) is 4.99 Å². The lowest BCUT2D eigenvalue weighted by Gasteiger charge is -2.38. The van der Waals surface area contributed by atoms with E-state index in [1.54, 1.807) is 0 Å². The van der Waals surface area contributed by atoms with Gasteiger partial charge in [0.1, 0.15) is 0 Å². The predicted octanol–water partition coefficient (Wildman–Crippen LogP) is 1.25. The van der Waals surface area contributed by atoms with Crippen molar-refractivity contribution in [3.8, 4) is 0 Å². The third kappa shape index (κ3) is 5.83. The topological polar surface area (TPSA) is 60.4 Å². The molecule has 1 aliphatic carbocycles. The molecule has 7 heteroatoms. The molecule has 1 amide bonds. The van der Waals surface area contributed by atoms with Crippen LogP contribution in [-0.2, 0) is 9.53 Å². The third-order valence-corrected chi connectivity index (χ3v) is 6.29. The van der Waals surface area contributed by atoms with Gasteiger partial charge in [0.25, 0.3) is 0 Å². The highest BCUT2D eigenvalue weighted by Crippen LogP contribution is 2.28. The smallest absolute Gasteiger partial charge is 0.225 e. The van der Waals surface area contributed by atoms with Crippen LogP contribution in [-0.4, -0.2) is 98.7 Å². The second-order valence-electron chi connectivity index (χ2n) is 8.29. The Kier molecular flexibility index (Phi) is 8.40. The number of nitrogens with zero attached hydrogens (tertiary/aromatic N) is 4. The van der Waals surface area contributed by atoms with Crippen molar-refractivity contribution in [3.63, 3.8) is 0 Å². The maximum atomic E-state index is 12.4. The van der Waals surface area contributed by atoms with Crippen LogP contribution in [0.2, 0.25) is 0 Å². The number of ether oxygens (including phenoxy) is 1. The van der Waals surface area contributed by atoms with Gasteiger partial charge in [0, 0.05) is 70.8 Å². The Morgan fingerprint density at radius 3 is 2.50 bits per heavy atom. The molecule has 160 valence electrons. The number of aliphatic imine (C=N–C) groups is 1. The first-order valence-electron chi connectivity index (χ1n) is 11.3. The molecule has 0 radical (unpaired) electrons. The highest BCUT2D eigenvalue weighted by Gasteiger charge is 2.31. The van der Waals surface area contributed by atoms with Crippen LogP contribution >= 0.6 is 0 Å². The molecule has 2 aliphatic heterocycles. The van der Waals surface area contributed by atoms with E-state index in [1.165, 1.54) is 12.8 Å². The number of amides is 1. The first-order chi connectivity index (χ1) is 13.7. The lowest BCUT2D eigenvalue weighted by Crippen LogP contribution is -2.51. The Balaban J connectivity index is 1.39. The van der Waals surface area contributed by atoms with E-state index >= 15 is 0 Å². The van der Waals surface area contributed by atoms with E-state index in [-0.39, 0.29) is 0 Å². The number of guanidine groups is 1. The standard InChI is InChI=1S/C21H39N5O2/c1-3-22-21(26-10-8-18(16-26)17-28-4-2)23-9-11-24-12-14-25(15-13-24)20(27)19-6-5-7-19/h18-19H,3-17H2,1-2H3,(H,22,23). The summed E-state index contributed by atoms with van der Waals surface area (Å²) in [6.45, 7) is 14.3. The second kappa shape index (κ2) is 11.0. The number of nitrogens with one attached hydrogen (secondary N) is 1. The molecule has 7 nitrogen and oxygen atoms in total. The number of hydrogen-bond donors (Lipinski definition) is 1. The number of piperazine rings is 1. The molecule has 3 fully saturated rings. The van der Waals surface area contributed by atoms with E-state index in [4.69, 9.17) is 9.73 Å². The van der Waals surface area contributed by atoms with Gasteiger partial charge in [-0.3, -0.25) is 14.7 Å². The summed E-state index contributed by atoms with van der Waals surface area (Å²) in [6.07, 6.45) is 4.61. The zero-order valence-corrected chi connectivity index (χ0v) is 17.9. The molecule has 28 heavy (non-hydrogen) atoms. The van der Waals surface area contributed by atoms with Gasteiger partial charge in [-0.25, -0.2) is 0 Å². The molecule has 0 spiro atoms. The molecular formula is C21H39N5O2. The van der Waals surface area contributed by atoms with Gasteiger partial charge in [-0.05, 0) is 33.1 Å². The molecule has 2 heterocycles. The average molecular weight is 394 g/mol. The molecule has 1 saturated carbocycles. The van der Waals surface area contributed by atoms with E-state index in [1.807, 2.05) is 0 Å². The lowest BCUT2D eigenvalue weighted by molar-refractivity contribution is -0.139. The Morgan fingerprint density at radius 1 is 1.07 bits per heavy atom. The van der Waals surface area contributed by atoms with Gasteiger partial charge in [-0.1, -0.05) is 6.42 Å². The van der Waals surface area contributed by atoms with Gasteiger partial charge in [0.15, 0.2) is 5.96 Å². The maximum absolute atomic E-state index is 12.4. The van der Waals surface area contributed by atoms with Crippen molar-refractivity contribution in [2.45, 2.75) is 39.5 Å². The van der Waals surface area contributed by atoms with Gasteiger partial charge < -0.3 is 19.9 Å². The summed E-state index contributed by atoms with van der Waals surface area (Å²) in [6, 6.07) is 0. The zero-order valence-electron chi connectivity index (χ0n) is 17.9. The summed E-state index contributed by atoms with van der Waals surface area (Å²) >= 11 is 0. The van der Waals surface area contributed by atoms with Crippen molar-refractivity contribution in [2.75, 3.05) is 72.1 Å². The third-order valence-electron chi connectivity index (χ3n) is 6.29. The summed E-state index contributed by atoms with van der Waals surface area (Å²) in [7, 11) is 0. The highest BCUT2D eigenvalue weighted by atomic mass is 16.5. The van der Waals surface area contributed by atoms with Gasteiger partial charge in [-0.2, -0.15) is 0 Å². The molecule has 0 aromatic heterocycles. The van der Waals surface area contributed by atoms with Crippen molar-refractivity contribution in [1.29, 1.82) is 0 Å². The number of hydrogen-bond acceptors (Lipinski definition) is 4. The van der Waals surface area contributed by atoms with Gasteiger partial charge in [-0.15, -0.1) is 0 Å². The summed E-state index contributed by atoms with van der Waals surface area (Å²) in [5, 5.41) is 3.45. The first kappa shape index (κ1) is 21.4. The Bertz CT molecular complexity index is 515. The Hall–Kier alpha value is -1.34. The minimum absolute atomic E-state index is 0.325. The van der Waals surface area contributed by atoms with E-state index in [0.717, 1.165) is 90.9 Å². The summed E-state index contributed by atoms with van der Waals surface area (Å²) in [4.78, 5) is 24.1. The normalized spacial score (nSPS) is 24.5. The van der Waals surface area contributed by atoms with Crippen LogP contribution in [0, 0.1) is 11.8 Å². The number of carbonyl (C=O) groups excluding carboxylic acids is 1. The predicted molar refractivity (Wildman–Crippen MR) is 113 cm³/mol. The molecule has 3 aliphatic rings. The van der Waals surface area contributed by atoms with Crippen molar-refractivity contribution >= 4 is 11.9 Å². The monoisotopic (exact) mass is 393 g/mol. The van der Waals surface area contributed by atoms with Crippen LogP contribution in [0.4, 0.5) is 0 Å². The van der Waals surface area contributed by atoms with Crippen LogP contribution in [0.5, 0.6) is 0 Å². The molecule has 2 saturated heterocycles. The van der Waals surface area contributed by atoms with Gasteiger partial charge in [0.2, 0.25) is 5.91 Å². The van der Waals surface area contributed by atoms with Crippen LogP contribution in [0.3, 0.4) is 0 Å². The maximum Gasteiger partial charge on any atom is 0.225 e. The van der Waals surface area contributed by atoms with Gasteiger partial charge in [0.05, 0.1) is 13.2 Å². The molecular weight excluding hydrogens is 354 g/mol. The van der Waals surface area contributed by atoms with E-state index in [0.29, 0.717) is 17.7 Å². The fraction of sp³-hybridized carbons (Fsp3) is 0.905. The van der Waals surface area contributed by atoms with Crippen molar-refractivity contribution in [2.24, 2.45) is 16.8 Å². The molecule has 3 rings (SSSR count). The highest BCUT2D eigenvalue weighted by molar-refractivity contribution is 5.80. The zero-order chi connectivity index (χ0) is 19.8. The van der Waals surface area contributed by atoms with Crippen molar-refractivity contribution < 1.29 is 9.53 Å². The van der Waals surface area contributed by atoms with E-state index in [2.05, 4.69) is 33.9 Å². The Labute approximate surface area is 170 Å². The fourth-order valence-electron chi connectivity index (χ4n) is 4.27. The number of rotatable bonds is 8. The first-order valence-corrected chi connectivity index (χ1v) is 11.3. The quantitative estimate of drug-likeness (QED) is 0.497. The average Bonchev–Trinajstić information content (AvgIpc) is 3.13. The largest absolute Gasteiger partial charge is 0.381 e. The minimum atomic E-state index is 0.325.